The highest BCUT2D eigenvalue weighted by Crippen LogP contribution is 2.25. The van der Waals surface area contributed by atoms with E-state index in [1.807, 2.05) is 19.4 Å². The zero-order valence-electron chi connectivity index (χ0n) is 11.2. The highest BCUT2D eigenvalue weighted by molar-refractivity contribution is 7.09. The van der Waals surface area contributed by atoms with Gasteiger partial charge in [0.25, 0.3) is 0 Å². The van der Waals surface area contributed by atoms with Crippen LogP contribution >= 0.6 is 36.2 Å². The summed E-state index contributed by atoms with van der Waals surface area (Å²) < 4.78 is 0. The minimum Gasteiger partial charge on any atom is -0.351 e. The fourth-order valence-electron chi connectivity index (χ4n) is 2.12. The van der Waals surface area contributed by atoms with Crippen molar-refractivity contribution in [3.63, 3.8) is 0 Å². The van der Waals surface area contributed by atoms with Gasteiger partial charge in [-0.15, -0.1) is 36.2 Å². The number of thiazole rings is 1. The van der Waals surface area contributed by atoms with Gasteiger partial charge in [0.05, 0.1) is 23.2 Å². The van der Waals surface area contributed by atoms with E-state index in [9.17, 15) is 4.79 Å². The van der Waals surface area contributed by atoms with E-state index in [0.29, 0.717) is 6.54 Å². The molecule has 4 nitrogen and oxygen atoms in total. The van der Waals surface area contributed by atoms with E-state index < -0.39 is 0 Å². The normalized spacial score (nSPS) is 22.0. The minimum atomic E-state index is -0.253. The van der Waals surface area contributed by atoms with Crippen LogP contribution in [-0.2, 0) is 11.3 Å². The number of rotatable bonds is 3. The molecule has 0 aliphatic carbocycles. The zero-order chi connectivity index (χ0) is 12.3. The molecular formula is C12H21Cl2N3OS. The Labute approximate surface area is 130 Å². The number of aromatic nitrogens is 1. The van der Waals surface area contributed by atoms with Crippen molar-refractivity contribution in [2.75, 3.05) is 13.1 Å². The Kier molecular flexibility index (Phi) is 7.89. The average molecular weight is 326 g/mol. The van der Waals surface area contributed by atoms with Crippen LogP contribution in [0.15, 0.2) is 5.51 Å². The number of nitrogens with one attached hydrogen (secondary N) is 2. The molecule has 0 spiro atoms. The van der Waals surface area contributed by atoms with Crippen LogP contribution in [0.25, 0.3) is 0 Å². The Hall–Kier alpha value is -0.360. The number of aryl methyl sites for hydroxylation is 1. The topological polar surface area (TPSA) is 54.0 Å². The lowest BCUT2D eigenvalue weighted by Gasteiger charge is -2.32. The second-order valence-corrected chi connectivity index (χ2v) is 5.82. The summed E-state index contributed by atoms with van der Waals surface area (Å²) in [6.07, 6.45) is 2.04. The van der Waals surface area contributed by atoms with Crippen LogP contribution in [0.2, 0.25) is 0 Å². The predicted molar refractivity (Wildman–Crippen MR) is 83.4 cm³/mol. The summed E-state index contributed by atoms with van der Waals surface area (Å²) >= 11 is 1.60. The third-order valence-electron chi connectivity index (χ3n) is 3.40. The summed E-state index contributed by atoms with van der Waals surface area (Å²) in [5.41, 5.74) is 2.58. The van der Waals surface area contributed by atoms with Crippen LogP contribution in [0.1, 0.15) is 30.3 Å². The van der Waals surface area contributed by atoms with Gasteiger partial charge >= 0.3 is 0 Å². The van der Waals surface area contributed by atoms with Gasteiger partial charge in [0.2, 0.25) is 5.91 Å². The predicted octanol–water partition coefficient (Wildman–Crippen LogP) is 2.30. The zero-order valence-corrected chi connectivity index (χ0v) is 13.6. The van der Waals surface area contributed by atoms with Gasteiger partial charge in [-0.25, -0.2) is 4.98 Å². The van der Waals surface area contributed by atoms with Gasteiger partial charge in [0.1, 0.15) is 0 Å². The molecule has 2 heterocycles. The van der Waals surface area contributed by atoms with Gasteiger partial charge < -0.3 is 10.6 Å². The second kappa shape index (κ2) is 8.04. The lowest BCUT2D eigenvalue weighted by molar-refractivity contribution is -0.131. The number of hydrogen-bond acceptors (Lipinski definition) is 4. The summed E-state index contributed by atoms with van der Waals surface area (Å²) in [5.74, 6) is 0.150. The molecular weight excluding hydrogens is 305 g/mol. The molecule has 1 fully saturated rings. The highest BCUT2D eigenvalue weighted by Gasteiger charge is 2.34. The van der Waals surface area contributed by atoms with Crippen LogP contribution in [0.4, 0.5) is 0 Å². The van der Waals surface area contributed by atoms with Crippen molar-refractivity contribution in [3.8, 4) is 0 Å². The standard InChI is InChI=1S/C12H19N3OS.2ClH/c1-9-10(17-8-15-9)6-14-11(16)12(2)4-3-5-13-7-12;;/h8,13H,3-7H2,1-2H3,(H,14,16);2*1H. The molecule has 2 N–H and O–H groups in total. The molecule has 1 amide bonds. The van der Waals surface area contributed by atoms with Crippen molar-refractivity contribution in [2.24, 2.45) is 5.41 Å². The molecule has 1 saturated heterocycles. The molecule has 110 valence electrons. The number of carbonyl (C=O) groups is 1. The van der Waals surface area contributed by atoms with E-state index in [2.05, 4.69) is 15.6 Å². The third kappa shape index (κ3) is 4.60. The van der Waals surface area contributed by atoms with Crippen molar-refractivity contribution in [1.82, 2.24) is 15.6 Å². The number of hydrogen-bond donors (Lipinski definition) is 2. The minimum absolute atomic E-state index is 0. The molecule has 7 heteroatoms. The van der Waals surface area contributed by atoms with Gasteiger partial charge in [0, 0.05) is 11.4 Å². The lowest BCUT2D eigenvalue weighted by atomic mass is 9.82. The molecule has 1 aromatic rings. The SMILES string of the molecule is Cc1ncsc1CNC(=O)C1(C)CCCNC1.Cl.Cl. The van der Waals surface area contributed by atoms with Gasteiger partial charge in [-0.3, -0.25) is 4.79 Å². The van der Waals surface area contributed by atoms with Gasteiger partial charge in [0.15, 0.2) is 0 Å². The van der Waals surface area contributed by atoms with E-state index in [-0.39, 0.29) is 36.1 Å². The number of carbonyl (C=O) groups excluding carboxylic acids is 1. The van der Waals surface area contributed by atoms with Crippen LogP contribution < -0.4 is 10.6 Å². The number of amides is 1. The quantitative estimate of drug-likeness (QED) is 0.896. The van der Waals surface area contributed by atoms with Crippen molar-refractivity contribution >= 4 is 42.1 Å². The summed E-state index contributed by atoms with van der Waals surface area (Å²) in [5, 5.41) is 6.32. The molecule has 0 radical (unpaired) electrons. The third-order valence-corrected chi connectivity index (χ3v) is 4.33. The van der Waals surface area contributed by atoms with E-state index in [1.165, 1.54) is 0 Å². The van der Waals surface area contributed by atoms with Gasteiger partial charge in [-0.1, -0.05) is 0 Å². The Balaban J connectivity index is 0.00000162. The first kappa shape index (κ1) is 18.6. The van der Waals surface area contributed by atoms with E-state index >= 15 is 0 Å². The molecule has 1 aliphatic rings. The van der Waals surface area contributed by atoms with Crippen molar-refractivity contribution < 1.29 is 4.79 Å². The lowest BCUT2D eigenvalue weighted by Crippen LogP contribution is -2.48. The van der Waals surface area contributed by atoms with Gasteiger partial charge in [-0.2, -0.15) is 0 Å². The first-order valence-electron chi connectivity index (χ1n) is 6.00. The molecule has 1 unspecified atom stereocenters. The fraction of sp³-hybridized carbons (Fsp3) is 0.667. The Bertz CT molecular complexity index is 405. The maximum absolute atomic E-state index is 12.2. The van der Waals surface area contributed by atoms with Crippen LogP contribution in [0.5, 0.6) is 0 Å². The molecule has 1 aliphatic heterocycles. The molecule has 0 saturated carbocycles. The molecule has 0 bridgehead atoms. The smallest absolute Gasteiger partial charge is 0.227 e. The van der Waals surface area contributed by atoms with Crippen LogP contribution in [-0.4, -0.2) is 24.0 Å². The van der Waals surface area contributed by atoms with Crippen LogP contribution in [0, 0.1) is 12.3 Å². The first-order chi connectivity index (χ1) is 8.12. The number of piperidine rings is 1. The first-order valence-corrected chi connectivity index (χ1v) is 6.88. The van der Waals surface area contributed by atoms with Crippen LogP contribution in [0.3, 0.4) is 0 Å². The largest absolute Gasteiger partial charge is 0.351 e. The Morgan fingerprint density at radius 3 is 2.84 bits per heavy atom. The average Bonchev–Trinajstić information content (AvgIpc) is 2.73. The summed E-state index contributed by atoms with van der Waals surface area (Å²) in [6.45, 7) is 6.41. The summed E-state index contributed by atoms with van der Waals surface area (Å²) in [7, 11) is 0. The number of halogens is 2. The number of nitrogens with zero attached hydrogens (tertiary/aromatic N) is 1. The Morgan fingerprint density at radius 1 is 1.58 bits per heavy atom. The molecule has 1 aromatic heterocycles. The highest BCUT2D eigenvalue weighted by atomic mass is 35.5. The molecule has 0 aromatic carbocycles. The van der Waals surface area contributed by atoms with Crippen molar-refractivity contribution in [1.29, 1.82) is 0 Å². The maximum atomic E-state index is 12.2. The summed E-state index contributed by atoms with van der Waals surface area (Å²) in [6, 6.07) is 0. The summed E-state index contributed by atoms with van der Waals surface area (Å²) in [4.78, 5) is 17.5. The van der Waals surface area contributed by atoms with Gasteiger partial charge in [-0.05, 0) is 33.2 Å². The Morgan fingerprint density at radius 2 is 2.32 bits per heavy atom. The van der Waals surface area contributed by atoms with Crippen molar-refractivity contribution in [2.45, 2.75) is 33.2 Å². The van der Waals surface area contributed by atoms with E-state index in [4.69, 9.17) is 0 Å². The molecule has 1 atom stereocenters. The maximum Gasteiger partial charge on any atom is 0.227 e. The van der Waals surface area contributed by atoms with Crippen molar-refractivity contribution in [3.05, 3.63) is 16.1 Å². The second-order valence-electron chi connectivity index (χ2n) is 4.88. The fourth-order valence-corrected chi connectivity index (χ4v) is 2.84. The van der Waals surface area contributed by atoms with E-state index in [0.717, 1.165) is 36.5 Å². The molecule has 19 heavy (non-hydrogen) atoms. The monoisotopic (exact) mass is 325 g/mol. The molecule has 2 rings (SSSR count). The van der Waals surface area contributed by atoms with E-state index in [1.54, 1.807) is 11.3 Å².